The van der Waals surface area contributed by atoms with Gasteiger partial charge in [-0.05, 0) is 11.6 Å². The molecule has 0 bridgehead atoms. The van der Waals surface area contributed by atoms with Gasteiger partial charge in [-0.1, -0.05) is 6.07 Å². The van der Waals surface area contributed by atoms with Gasteiger partial charge in [0.25, 0.3) is 0 Å². The lowest BCUT2D eigenvalue weighted by atomic mass is 10.1. The van der Waals surface area contributed by atoms with Crippen molar-refractivity contribution >= 4 is 17.4 Å². The molecule has 1 rings (SSSR count). The zero-order chi connectivity index (χ0) is 13.7. The molecule has 0 unspecified atom stereocenters. The van der Waals surface area contributed by atoms with Gasteiger partial charge in [0.05, 0.1) is 19.1 Å². The minimum Gasteiger partial charge on any atom is -0.490 e. The zero-order valence-electron chi connectivity index (χ0n) is 9.84. The second-order valence-electron chi connectivity index (χ2n) is 3.35. The van der Waals surface area contributed by atoms with Crippen molar-refractivity contribution in [1.82, 2.24) is 0 Å². The van der Waals surface area contributed by atoms with Gasteiger partial charge in [0.2, 0.25) is 5.78 Å². The third kappa shape index (κ3) is 3.03. The molecule has 18 heavy (non-hydrogen) atoms. The summed E-state index contributed by atoms with van der Waals surface area (Å²) in [7, 11) is 2.40. The van der Waals surface area contributed by atoms with E-state index in [0.717, 1.165) is 7.11 Å². The van der Waals surface area contributed by atoms with Crippen molar-refractivity contribution < 1.29 is 24.0 Å². The number of nitrogens with zero attached hydrogens (tertiary/aromatic N) is 1. The first-order valence-electron chi connectivity index (χ1n) is 4.92. The monoisotopic (exact) mass is 253 g/mol. The minimum atomic E-state index is -0.978. The molecule has 1 aromatic rings. The van der Waals surface area contributed by atoms with Gasteiger partial charge in [-0.15, -0.1) is 0 Å². The van der Waals surface area contributed by atoms with Crippen LogP contribution in [0.15, 0.2) is 18.2 Å². The van der Waals surface area contributed by atoms with Crippen LogP contribution in [0.2, 0.25) is 0 Å². The molecule has 0 fully saturated rings. The molecule has 0 aliphatic heterocycles. The van der Waals surface area contributed by atoms with Gasteiger partial charge in [-0.3, -0.25) is 14.9 Å². The first-order valence-corrected chi connectivity index (χ1v) is 4.92. The van der Waals surface area contributed by atoms with Crippen molar-refractivity contribution in [3.05, 3.63) is 33.9 Å². The molecule has 0 saturated heterocycles. The number of nitro benzene ring substituents is 1. The summed E-state index contributed by atoms with van der Waals surface area (Å²) in [6, 6.07) is 4.05. The lowest BCUT2D eigenvalue weighted by Gasteiger charge is -2.04. The average Bonchev–Trinajstić information content (AvgIpc) is 2.37. The molecule has 96 valence electrons. The van der Waals surface area contributed by atoms with E-state index >= 15 is 0 Å². The number of hydrogen-bond donors (Lipinski definition) is 0. The molecule has 0 atom stereocenters. The molecule has 0 spiro atoms. The Labute approximate surface area is 102 Å². The molecular formula is C11H11NO6. The predicted molar refractivity (Wildman–Crippen MR) is 60.4 cm³/mol. The van der Waals surface area contributed by atoms with E-state index in [1.807, 2.05) is 0 Å². The maximum absolute atomic E-state index is 11.3. The maximum atomic E-state index is 11.3. The predicted octanol–water partition coefficient (Wildman–Crippen LogP) is 0.888. The number of hydrogen-bond acceptors (Lipinski definition) is 6. The number of esters is 1. The van der Waals surface area contributed by atoms with Crippen LogP contribution in [0.5, 0.6) is 5.75 Å². The summed E-state index contributed by atoms with van der Waals surface area (Å²) in [6.07, 6.45) is -0.252. The van der Waals surface area contributed by atoms with Crippen LogP contribution in [0.1, 0.15) is 5.56 Å². The summed E-state index contributed by atoms with van der Waals surface area (Å²) in [5.41, 5.74) is 0.0885. The Morgan fingerprint density at radius 2 is 2.00 bits per heavy atom. The van der Waals surface area contributed by atoms with Gasteiger partial charge in [0.15, 0.2) is 5.75 Å². The van der Waals surface area contributed by atoms with E-state index in [0.29, 0.717) is 5.56 Å². The summed E-state index contributed by atoms with van der Waals surface area (Å²) in [6.45, 7) is 0. The Bertz CT molecular complexity index is 496. The summed E-state index contributed by atoms with van der Waals surface area (Å²) in [5, 5.41) is 10.8. The third-order valence-corrected chi connectivity index (χ3v) is 2.22. The highest BCUT2D eigenvalue weighted by molar-refractivity contribution is 6.34. The molecule has 0 aliphatic carbocycles. The number of rotatable bonds is 5. The molecule has 7 nitrogen and oxygen atoms in total. The van der Waals surface area contributed by atoms with Crippen LogP contribution < -0.4 is 4.74 Å². The van der Waals surface area contributed by atoms with Crippen molar-refractivity contribution in [3.63, 3.8) is 0 Å². The highest BCUT2D eigenvalue weighted by Gasteiger charge is 2.19. The quantitative estimate of drug-likeness (QED) is 0.334. The zero-order valence-corrected chi connectivity index (χ0v) is 9.84. The van der Waals surface area contributed by atoms with Gasteiger partial charge in [-0.2, -0.15) is 0 Å². The average molecular weight is 253 g/mol. The topological polar surface area (TPSA) is 95.7 Å². The highest BCUT2D eigenvalue weighted by Crippen LogP contribution is 2.27. The first-order chi connectivity index (χ1) is 8.49. The number of ketones is 1. The highest BCUT2D eigenvalue weighted by atomic mass is 16.6. The molecule has 0 aliphatic rings. The fourth-order valence-corrected chi connectivity index (χ4v) is 1.36. The number of methoxy groups -OCH3 is 2. The maximum Gasteiger partial charge on any atom is 0.374 e. The number of carbonyl (C=O) groups is 2. The van der Waals surface area contributed by atoms with E-state index < -0.39 is 16.7 Å². The van der Waals surface area contributed by atoms with Gasteiger partial charge in [-0.25, -0.2) is 4.79 Å². The van der Waals surface area contributed by atoms with E-state index in [1.54, 1.807) is 0 Å². The molecule has 1 aromatic carbocycles. The van der Waals surface area contributed by atoms with Crippen molar-refractivity contribution in [2.75, 3.05) is 14.2 Å². The molecule has 0 radical (unpaired) electrons. The SMILES string of the molecule is COC(=O)C(=O)Cc1ccc(OC)c([N+](=O)[O-])c1. The number of carbonyl (C=O) groups excluding carboxylic acids is 2. The summed E-state index contributed by atoms with van der Waals surface area (Å²) < 4.78 is 9.08. The molecule has 0 aromatic heterocycles. The largest absolute Gasteiger partial charge is 0.490 e. The van der Waals surface area contributed by atoms with Crippen LogP contribution in [0.25, 0.3) is 0 Å². The van der Waals surface area contributed by atoms with Gasteiger partial charge < -0.3 is 9.47 Å². The standard InChI is InChI=1S/C11H11NO6/c1-17-10-4-3-7(5-8(10)12(15)16)6-9(13)11(14)18-2/h3-5H,6H2,1-2H3. The fourth-order valence-electron chi connectivity index (χ4n) is 1.36. The Balaban J connectivity index is 2.99. The van der Waals surface area contributed by atoms with Crippen LogP contribution >= 0.6 is 0 Å². The van der Waals surface area contributed by atoms with Crippen molar-refractivity contribution in [2.45, 2.75) is 6.42 Å². The molecule has 7 heteroatoms. The van der Waals surface area contributed by atoms with Crippen LogP contribution in [0.4, 0.5) is 5.69 Å². The second kappa shape index (κ2) is 5.76. The van der Waals surface area contributed by atoms with Crippen molar-refractivity contribution in [1.29, 1.82) is 0 Å². The van der Waals surface area contributed by atoms with Gasteiger partial charge >= 0.3 is 11.7 Å². The molecule has 0 saturated carbocycles. The normalized spacial score (nSPS) is 9.67. The smallest absolute Gasteiger partial charge is 0.374 e. The third-order valence-electron chi connectivity index (χ3n) is 2.22. The van der Waals surface area contributed by atoms with E-state index in [2.05, 4.69) is 4.74 Å². The Morgan fingerprint density at radius 3 is 2.50 bits per heavy atom. The van der Waals surface area contributed by atoms with Gasteiger partial charge in [0, 0.05) is 12.5 Å². The number of ether oxygens (including phenoxy) is 2. The fraction of sp³-hybridized carbons (Fsp3) is 0.273. The van der Waals surface area contributed by atoms with E-state index in [9.17, 15) is 19.7 Å². The molecular weight excluding hydrogens is 242 g/mol. The second-order valence-corrected chi connectivity index (χ2v) is 3.35. The van der Waals surface area contributed by atoms with E-state index in [4.69, 9.17) is 4.74 Å². The number of benzene rings is 1. The Morgan fingerprint density at radius 1 is 1.33 bits per heavy atom. The van der Waals surface area contributed by atoms with Crippen LogP contribution in [-0.2, 0) is 20.7 Å². The van der Waals surface area contributed by atoms with E-state index in [-0.39, 0.29) is 17.9 Å². The molecule has 0 heterocycles. The van der Waals surface area contributed by atoms with E-state index in [1.165, 1.54) is 25.3 Å². The lowest BCUT2D eigenvalue weighted by Crippen LogP contribution is -2.17. The number of nitro groups is 1. The van der Waals surface area contributed by atoms with Gasteiger partial charge in [0.1, 0.15) is 0 Å². The minimum absolute atomic E-state index is 0.0919. The summed E-state index contributed by atoms with van der Waals surface area (Å²) in [5.74, 6) is -1.65. The van der Waals surface area contributed by atoms with Crippen LogP contribution in [0.3, 0.4) is 0 Å². The van der Waals surface area contributed by atoms with Crippen LogP contribution in [0, 0.1) is 10.1 Å². The summed E-state index contributed by atoms with van der Waals surface area (Å²) >= 11 is 0. The molecule has 0 N–H and O–H groups in total. The Hall–Kier alpha value is -2.44. The molecule has 0 amide bonds. The first kappa shape index (κ1) is 13.6. The van der Waals surface area contributed by atoms with Crippen molar-refractivity contribution in [3.8, 4) is 5.75 Å². The lowest BCUT2D eigenvalue weighted by molar-refractivity contribution is -0.385. The summed E-state index contributed by atoms with van der Waals surface area (Å²) in [4.78, 5) is 32.4. The van der Waals surface area contributed by atoms with Crippen molar-refractivity contribution in [2.24, 2.45) is 0 Å². The number of Topliss-reactive ketones (excluding diaryl/α,β-unsaturated/α-hetero) is 1. The Kier molecular flexibility index (Phi) is 4.36. The van der Waals surface area contributed by atoms with Crippen LogP contribution in [-0.4, -0.2) is 30.9 Å².